The number of carbonyl (C=O) groups excluding carboxylic acids is 3. The molecule has 5 aliphatic rings. The summed E-state index contributed by atoms with van der Waals surface area (Å²) >= 11 is 0. The van der Waals surface area contributed by atoms with Crippen LogP contribution >= 0.6 is 0 Å². The third kappa shape index (κ3) is 4.96. The Bertz CT molecular complexity index is 1230. The fraction of sp³-hybridized carbons (Fsp3) is 0.833. The summed E-state index contributed by atoms with van der Waals surface area (Å²) in [5.74, 6) is 0.776. The normalized spacial score (nSPS) is 45.3. The number of ether oxygens (including phenoxy) is 2. The van der Waals surface area contributed by atoms with Crippen LogP contribution in [0.4, 0.5) is 0 Å². The molecule has 0 bridgehead atoms. The SMILES string of the molecule is C=C(CO)[C@@H]1CC[C@]2(COC(C)=O)CC[C@]3(C)[C@H](CC[C@@H]4[C@@]5(C)CC/C(=N/OC(C)=O)C(C)(COC(C)=O)[C@@H]5CC[C@]43C)[C@@H]12. The van der Waals surface area contributed by atoms with E-state index in [9.17, 15) is 19.5 Å². The zero-order valence-corrected chi connectivity index (χ0v) is 28.1. The first-order chi connectivity index (χ1) is 20.6. The second-order valence-electron chi connectivity index (χ2n) is 16.1. The van der Waals surface area contributed by atoms with Gasteiger partial charge < -0.3 is 19.4 Å². The van der Waals surface area contributed by atoms with Crippen molar-refractivity contribution in [1.29, 1.82) is 0 Å². The summed E-state index contributed by atoms with van der Waals surface area (Å²) in [6.07, 6.45) is 10.1. The molecule has 0 amide bonds. The van der Waals surface area contributed by atoms with Gasteiger partial charge in [0, 0.05) is 31.6 Å². The number of carbonyl (C=O) groups is 3. The quantitative estimate of drug-likeness (QED) is 0.148. The molecule has 0 heterocycles. The Balaban J connectivity index is 1.52. The lowest BCUT2D eigenvalue weighted by Crippen LogP contribution is -2.67. The molecule has 1 unspecified atom stereocenters. The van der Waals surface area contributed by atoms with Gasteiger partial charge in [-0.05, 0) is 116 Å². The zero-order chi connectivity index (χ0) is 32.3. The van der Waals surface area contributed by atoms with Crippen LogP contribution in [0.3, 0.4) is 0 Å². The number of rotatable bonds is 7. The largest absolute Gasteiger partial charge is 0.465 e. The summed E-state index contributed by atoms with van der Waals surface area (Å²) in [5.41, 5.74) is 1.36. The molecule has 5 rings (SSSR count). The molecule has 246 valence electrons. The molecule has 44 heavy (non-hydrogen) atoms. The fourth-order valence-electron chi connectivity index (χ4n) is 12.1. The van der Waals surface area contributed by atoms with E-state index < -0.39 is 11.4 Å². The summed E-state index contributed by atoms with van der Waals surface area (Å²) in [4.78, 5) is 40.9. The second-order valence-corrected chi connectivity index (χ2v) is 16.1. The maximum atomic E-state index is 12.0. The smallest absolute Gasteiger partial charge is 0.331 e. The number of oxime groups is 1. The first-order valence-electron chi connectivity index (χ1n) is 16.9. The van der Waals surface area contributed by atoms with Crippen molar-refractivity contribution in [2.24, 2.45) is 61.8 Å². The minimum absolute atomic E-state index is 0.00116. The van der Waals surface area contributed by atoms with Gasteiger partial charge in [0.2, 0.25) is 0 Å². The minimum atomic E-state index is -0.519. The van der Waals surface area contributed by atoms with Crippen LogP contribution in [-0.4, -0.2) is 48.5 Å². The Hall–Kier alpha value is -2.22. The third-order valence-electron chi connectivity index (χ3n) is 14.4. The van der Waals surface area contributed by atoms with Gasteiger partial charge in [-0.1, -0.05) is 39.4 Å². The van der Waals surface area contributed by atoms with Gasteiger partial charge in [-0.15, -0.1) is 0 Å². The summed E-state index contributed by atoms with van der Waals surface area (Å²) < 4.78 is 11.5. The Labute approximate surface area is 263 Å². The van der Waals surface area contributed by atoms with Crippen LogP contribution in [0.5, 0.6) is 0 Å². The van der Waals surface area contributed by atoms with Gasteiger partial charge in [0.25, 0.3) is 0 Å². The highest BCUT2D eigenvalue weighted by atomic mass is 16.7. The summed E-state index contributed by atoms with van der Waals surface area (Å²) in [5, 5.41) is 14.6. The van der Waals surface area contributed by atoms with E-state index in [1.807, 2.05) is 0 Å². The summed E-state index contributed by atoms with van der Waals surface area (Å²) in [6.45, 7) is 19.1. The standard InChI is InChI=1S/C36H55NO7/c1-22(19-38)26-11-16-36(21-43-24(3)40)18-17-34(7)27(31(26)36)9-10-29-32(5)14-13-30(37-44-25(4)41)33(6,20-42-23(2)39)28(32)12-15-35(29,34)8/h26-29,31,38H,1,9-21H2,2-8H3/b37-30-/t26-,27+,28+,29+,31+,32-,33?,34+,35+,36+/m0/s1. The molecule has 0 aromatic rings. The maximum absolute atomic E-state index is 12.0. The van der Waals surface area contributed by atoms with Gasteiger partial charge in [-0.25, -0.2) is 4.79 Å². The van der Waals surface area contributed by atoms with E-state index in [0.717, 1.165) is 69.1 Å². The number of nitrogens with zero attached hydrogens (tertiary/aromatic N) is 1. The lowest BCUT2D eigenvalue weighted by Gasteiger charge is -2.72. The van der Waals surface area contributed by atoms with E-state index in [1.54, 1.807) is 0 Å². The highest BCUT2D eigenvalue weighted by Crippen LogP contribution is 2.77. The second kappa shape index (κ2) is 11.5. The molecule has 0 saturated heterocycles. The molecule has 5 saturated carbocycles. The van der Waals surface area contributed by atoms with Crippen LogP contribution in [0.15, 0.2) is 17.3 Å². The predicted molar refractivity (Wildman–Crippen MR) is 167 cm³/mol. The zero-order valence-electron chi connectivity index (χ0n) is 28.1. The van der Waals surface area contributed by atoms with Crippen LogP contribution in [0.25, 0.3) is 0 Å². The lowest BCUT2D eigenvalue weighted by atomic mass is 9.32. The first-order valence-corrected chi connectivity index (χ1v) is 16.9. The molecule has 0 aromatic carbocycles. The van der Waals surface area contributed by atoms with Crippen molar-refractivity contribution in [1.82, 2.24) is 0 Å². The van der Waals surface area contributed by atoms with E-state index in [0.29, 0.717) is 30.8 Å². The molecular weight excluding hydrogens is 558 g/mol. The number of hydrogen-bond donors (Lipinski definition) is 1. The summed E-state index contributed by atoms with van der Waals surface area (Å²) in [6, 6.07) is 0. The molecule has 0 spiro atoms. The molecule has 0 aromatic heterocycles. The van der Waals surface area contributed by atoms with E-state index in [2.05, 4.69) is 39.4 Å². The first kappa shape index (κ1) is 33.2. The number of aliphatic hydroxyl groups excluding tert-OH is 1. The van der Waals surface area contributed by atoms with E-state index in [4.69, 9.17) is 14.3 Å². The van der Waals surface area contributed by atoms with Gasteiger partial charge >= 0.3 is 17.9 Å². The van der Waals surface area contributed by atoms with Crippen LogP contribution < -0.4 is 0 Å². The molecule has 5 fully saturated rings. The number of aliphatic hydroxyl groups is 1. The van der Waals surface area contributed by atoms with Crippen LogP contribution in [0.2, 0.25) is 0 Å². The van der Waals surface area contributed by atoms with Crippen molar-refractivity contribution in [3.63, 3.8) is 0 Å². The highest BCUT2D eigenvalue weighted by Gasteiger charge is 2.71. The summed E-state index contributed by atoms with van der Waals surface area (Å²) in [7, 11) is 0. The highest BCUT2D eigenvalue weighted by molar-refractivity contribution is 5.91. The molecular formula is C36H55NO7. The van der Waals surface area contributed by atoms with Crippen molar-refractivity contribution in [2.75, 3.05) is 19.8 Å². The van der Waals surface area contributed by atoms with Crippen LogP contribution in [-0.2, 0) is 28.7 Å². The van der Waals surface area contributed by atoms with Crippen molar-refractivity contribution >= 4 is 23.6 Å². The van der Waals surface area contributed by atoms with Crippen molar-refractivity contribution in [3.05, 3.63) is 12.2 Å². The third-order valence-corrected chi connectivity index (χ3v) is 14.4. The predicted octanol–water partition coefficient (Wildman–Crippen LogP) is 6.64. The van der Waals surface area contributed by atoms with Crippen LogP contribution in [0.1, 0.15) is 113 Å². The Kier molecular flexibility index (Phi) is 8.69. The molecule has 5 aliphatic carbocycles. The number of esters is 2. The monoisotopic (exact) mass is 613 g/mol. The van der Waals surface area contributed by atoms with Gasteiger partial charge in [0.05, 0.1) is 18.9 Å². The minimum Gasteiger partial charge on any atom is -0.465 e. The maximum Gasteiger partial charge on any atom is 0.331 e. The van der Waals surface area contributed by atoms with Crippen molar-refractivity contribution in [3.8, 4) is 0 Å². The van der Waals surface area contributed by atoms with Crippen LogP contribution in [0, 0.1) is 56.7 Å². The topological polar surface area (TPSA) is 111 Å². The molecule has 0 aliphatic heterocycles. The lowest BCUT2D eigenvalue weighted by molar-refractivity contribution is -0.234. The fourth-order valence-corrected chi connectivity index (χ4v) is 12.1. The van der Waals surface area contributed by atoms with Gasteiger partial charge in [-0.2, -0.15) is 0 Å². The van der Waals surface area contributed by atoms with E-state index >= 15 is 0 Å². The van der Waals surface area contributed by atoms with Crippen molar-refractivity contribution < 1.29 is 33.8 Å². The van der Waals surface area contributed by atoms with Gasteiger partial charge in [0.1, 0.15) is 6.61 Å². The Morgan fingerprint density at radius 1 is 0.818 bits per heavy atom. The molecule has 10 atom stereocenters. The average molecular weight is 614 g/mol. The van der Waals surface area contributed by atoms with Crippen molar-refractivity contribution in [2.45, 2.75) is 113 Å². The molecule has 8 heteroatoms. The average Bonchev–Trinajstić information content (AvgIpc) is 3.34. The molecule has 1 N–H and O–H groups in total. The molecule has 0 radical (unpaired) electrons. The molecule has 8 nitrogen and oxygen atoms in total. The number of hydrogen-bond acceptors (Lipinski definition) is 8. The van der Waals surface area contributed by atoms with E-state index in [-0.39, 0.29) is 58.6 Å². The number of fused-ring (bicyclic) bond motifs is 7. The Morgan fingerprint density at radius 3 is 2.14 bits per heavy atom. The van der Waals surface area contributed by atoms with Gasteiger partial charge in [0.15, 0.2) is 0 Å². The van der Waals surface area contributed by atoms with Gasteiger partial charge in [-0.3, -0.25) is 9.59 Å². The van der Waals surface area contributed by atoms with E-state index in [1.165, 1.54) is 20.8 Å². The Morgan fingerprint density at radius 2 is 1.50 bits per heavy atom.